The Balaban J connectivity index is 2.29. The van der Waals surface area contributed by atoms with Gasteiger partial charge in [0.05, 0.1) is 0 Å². The van der Waals surface area contributed by atoms with Gasteiger partial charge in [0.25, 0.3) is 5.91 Å². The summed E-state index contributed by atoms with van der Waals surface area (Å²) in [5.74, 6) is 0.638. The van der Waals surface area contributed by atoms with Gasteiger partial charge in [-0.05, 0) is 31.2 Å². The molecule has 4 nitrogen and oxygen atoms in total. The molecular weight excluding hydrogens is 178 g/mol. The Morgan fingerprint density at radius 3 is 2.50 bits per heavy atom. The third kappa shape index (κ3) is 1.46. The maximum Gasteiger partial charge on any atom is 0.267 e. The van der Waals surface area contributed by atoms with E-state index in [0.717, 1.165) is 11.5 Å². The van der Waals surface area contributed by atoms with Crippen LogP contribution >= 0.6 is 0 Å². The van der Waals surface area contributed by atoms with E-state index < -0.39 is 0 Å². The lowest BCUT2D eigenvalue weighted by atomic mass is 10.2. The van der Waals surface area contributed by atoms with E-state index in [1.807, 2.05) is 36.1 Å². The second-order valence-corrected chi connectivity index (χ2v) is 3.23. The van der Waals surface area contributed by atoms with Crippen molar-refractivity contribution >= 4 is 23.1 Å². The highest BCUT2D eigenvalue weighted by molar-refractivity contribution is 6.11. The molecule has 0 spiro atoms. The number of nitrogens with zero attached hydrogens (tertiary/aromatic N) is 2. The van der Waals surface area contributed by atoms with Gasteiger partial charge in [-0.1, -0.05) is 0 Å². The van der Waals surface area contributed by atoms with E-state index in [0.29, 0.717) is 12.2 Å². The van der Waals surface area contributed by atoms with Crippen LogP contribution in [-0.4, -0.2) is 18.3 Å². The molecule has 1 aromatic rings. The number of carbonyl (C=O) groups excluding carboxylic acids is 1. The predicted octanol–water partition coefficient (Wildman–Crippen LogP) is 1.03. The van der Waals surface area contributed by atoms with Crippen LogP contribution in [0, 0.1) is 0 Å². The fourth-order valence-electron chi connectivity index (χ4n) is 1.46. The molecule has 1 aliphatic rings. The number of nitrogens with two attached hydrogens (primary N) is 1. The fraction of sp³-hybridized carbons (Fsp3) is 0.200. The molecule has 1 aliphatic heterocycles. The van der Waals surface area contributed by atoms with Gasteiger partial charge in [0.15, 0.2) is 0 Å². The van der Waals surface area contributed by atoms with E-state index in [1.54, 1.807) is 0 Å². The van der Waals surface area contributed by atoms with Gasteiger partial charge in [0.1, 0.15) is 12.4 Å². The molecule has 0 saturated carbocycles. The van der Waals surface area contributed by atoms with Crippen molar-refractivity contribution < 1.29 is 4.79 Å². The smallest absolute Gasteiger partial charge is 0.267 e. The van der Waals surface area contributed by atoms with Gasteiger partial charge in [-0.2, -0.15) is 4.99 Å². The molecule has 2 rings (SSSR count). The predicted molar refractivity (Wildman–Crippen MR) is 56.3 cm³/mol. The number of rotatable bonds is 1. The van der Waals surface area contributed by atoms with Crippen molar-refractivity contribution in [3.63, 3.8) is 0 Å². The zero-order valence-electron chi connectivity index (χ0n) is 7.90. The van der Waals surface area contributed by atoms with Crippen molar-refractivity contribution in [1.82, 2.24) is 0 Å². The van der Waals surface area contributed by atoms with Crippen LogP contribution in [0.3, 0.4) is 0 Å². The normalized spacial score (nSPS) is 15.9. The summed E-state index contributed by atoms with van der Waals surface area (Å²) in [6, 6.07) is 7.39. The Labute approximate surface area is 82.0 Å². The molecule has 1 heterocycles. The summed E-state index contributed by atoms with van der Waals surface area (Å²) >= 11 is 0. The van der Waals surface area contributed by atoms with E-state index >= 15 is 0 Å². The molecule has 14 heavy (non-hydrogen) atoms. The lowest BCUT2D eigenvalue weighted by Crippen LogP contribution is -2.25. The van der Waals surface area contributed by atoms with Crippen LogP contribution in [0.5, 0.6) is 0 Å². The molecule has 0 bridgehead atoms. The first-order chi connectivity index (χ1) is 6.66. The monoisotopic (exact) mass is 189 g/mol. The van der Waals surface area contributed by atoms with Gasteiger partial charge < -0.3 is 10.6 Å². The number of nitrogen functional groups attached to an aromatic ring is 1. The topological polar surface area (TPSA) is 58.7 Å². The molecular formula is C10H11N3O. The zero-order chi connectivity index (χ0) is 10.1. The second-order valence-electron chi connectivity index (χ2n) is 3.23. The summed E-state index contributed by atoms with van der Waals surface area (Å²) in [6.45, 7) is 2.15. The van der Waals surface area contributed by atoms with Gasteiger partial charge in [-0.15, -0.1) is 0 Å². The second kappa shape index (κ2) is 3.14. The summed E-state index contributed by atoms with van der Waals surface area (Å²) in [7, 11) is 0. The zero-order valence-corrected chi connectivity index (χ0v) is 7.90. The highest BCUT2D eigenvalue weighted by Gasteiger charge is 2.20. The van der Waals surface area contributed by atoms with Gasteiger partial charge in [-0.3, -0.25) is 4.79 Å². The SMILES string of the molecule is CC1=NC(=O)CN1c1ccc(N)cc1. The lowest BCUT2D eigenvalue weighted by Gasteiger charge is -2.16. The molecule has 0 saturated heterocycles. The number of amides is 1. The fourth-order valence-corrected chi connectivity index (χ4v) is 1.46. The molecule has 0 fully saturated rings. The van der Waals surface area contributed by atoms with Crippen LogP contribution in [0.15, 0.2) is 29.3 Å². The third-order valence-corrected chi connectivity index (χ3v) is 2.18. The average molecular weight is 189 g/mol. The van der Waals surface area contributed by atoms with Crippen LogP contribution in [0.2, 0.25) is 0 Å². The summed E-state index contributed by atoms with van der Waals surface area (Å²) in [5.41, 5.74) is 7.24. The summed E-state index contributed by atoms with van der Waals surface area (Å²) in [6.07, 6.45) is 0. The van der Waals surface area contributed by atoms with Crippen molar-refractivity contribution in [1.29, 1.82) is 0 Å². The maximum atomic E-state index is 11.1. The highest BCUT2D eigenvalue weighted by atomic mass is 16.2. The largest absolute Gasteiger partial charge is 0.399 e. The molecule has 0 radical (unpaired) electrons. The quantitative estimate of drug-likeness (QED) is 0.671. The molecule has 2 N–H and O–H groups in total. The summed E-state index contributed by atoms with van der Waals surface area (Å²) in [5, 5.41) is 0. The minimum atomic E-state index is -0.0978. The molecule has 72 valence electrons. The first-order valence-electron chi connectivity index (χ1n) is 4.38. The van der Waals surface area contributed by atoms with E-state index in [1.165, 1.54) is 0 Å². The van der Waals surface area contributed by atoms with E-state index in [2.05, 4.69) is 4.99 Å². The number of amidine groups is 1. The Morgan fingerprint density at radius 1 is 1.36 bits per heavy atom. The highest BCUT2D eigenvalue weighted by Crippen LogP contribution is 2.19. The van der Waals surface area contributed by atoms with E-state index in [9.17, 15) is 4.79 Å². The van der Waals surface area contributed by atoms with Crippen LogP contribution in [0.25, 0.3) is 0 Å². The van der Waals surface area contributed by atoms with Gasteiger partial charge >= 0.3 is 0 Å². The first-order valence-corrected chi connectivity index (χ1v) is 4.38. The minimum Gasteiger partial charge on any atom is -0.399 e. The van der Waals surface area contributed by atoms with Crippen molar-refractivity contribution in [3.05, 3.63) is 24.3 Å². The molecule has 0 atom stereocenters. The minimum absolute atomic E-state index is 0.0978. The Kier molecular flexibility index (Phi) is 1.96. The Bertz CT molecular complexity index is 394. The molecule has 1 aromatic carbocycles. The Morgan fingerprint density at radius 2 is 2.00 bits per heavy atom. The summed E-state index contributed by atoms with van der Waals surface area (Å²) in [4.78, 5) is 16.8. The number of hydrogen-bond acceptors (Lipinski definition) is 3. The van der Waals surface area contributed by atoms with Gasteiger partial charge in [-0.25, -0.2) is 0 Å². The number of anilines is 2. The molecule has 0 aliphatic carbocycles. The van der Waals surface area contributed by atoms with E-state index in [4.69, 9.17) is 5.73 Å². The van der Waals surface area contributed by atoms with Gasteiger partial charge in [0, 0.05) is 11.4 Å². The molecule has 0 aromatic heterocycles. The van der Waals surface area contributed by atoms with Crippen LogP contribution < -0.4 is 10.6 Å². The van der Waals surface area contributed by atoms with Crippen LogP contribution in [0.1, 0.15) is 6.92 Å². The summed E-state index contributed by atoms with van der Waals surface area (Å²) < 4.78 is 0. The molecule has 1 amide bonds. The van der Waals surface area contributed by atoms with E-state index in [-0.39, 0.29) is 5.91 Å². The van der Waals surface area contributed by atoms with Crippen molar-refractivity contribution in [2.75, 3.05) is 17.2 Å². The number of benzene rings is 1. The van der Waals surface area contributed by atoms with Gasteiger partial charge in [0.2, 0.25) is 0 Å². The number of hydrogen-bond donors (Lipinski definition) is 1. The Hall–Kier alpha value is -1.84. The maximum absolute atomic E-state index is 11.1. The standard InChI is InChI=1S/C10H11N3O/c1-7-12-10(14)6-13(7)9-4-2-8(11)3-5-9/h2-5H,6,11H2,1H3. The van der Waals surface area contributed by atoms with Crippen LogP contribution in [0.4, 0.5) is 11.4 Å². The third-order valence-electron chi connectivity index (χ3n) is 2.18. The van der Waals surface area contributed by atoms with Crippen molar-refractivity contribution in [3.8, 4) is 0 Å². The first kappa shape index (κ1) is 8.74. The lowest BCUT2D eigenvalue weighted by molar-refractivity contribution is -0.115. The molecule has 4 heteroatoms. The molecule has 0 unspecified atom stereocenters. The van der Waals surface area contributed by atoms with Crippen molar-refractivity contribution in [2.45, 2.75) is 6.92 Å². The van der Waals surface area contributed by atoms with Crippen molar-refractivity contribution in [2.24, 2.45) is 4.99 Å². The number of carbonyl (C=O) groups is 1. The number of aliphatic imine (C=N–C) groups is 1. The average Bonchev–Trinajstić information content (AvgIpc) is 2.47. The van der Waals surface area contributed by atoms with Crippen LogP contribution in [-0.2, 0) is 4.79 Å².